The molecule has 25 heavy (non-hydrogen) atoms. The number of nitrogens with one attached hydrogen (secondary N) is 2. The molecule has 2 heterocycles. The third-order valence-electron chi connectivity index (χ3n) is 3.41. The normalized spacial score (nSPS) is 11.0. The first-order valence-electron chi connectivity index (χ1n) is 7.43. The Morgan fingerprint density at radius 2 is 2.20 bits per heavy atom. The van der Waals surface area contributed by atoms with Gasteiger partial charge in [-0.25, -0.2) is 13.8 Å². The lowest BCUT2D eigenvalue weighted by Gasteiger charge is -2.10. The van der Waals surface area contributed by atoms with Crippen LogP contribution in [0.5, 0.6) is 0 Å². The summed E-state index contributed by atoms with van der Waals surface area (Å²) in [5.74, 6) is -1.93. The third kappa shape index (κ3) is 3.52. The van der Waals surface area contributed by atoms with Crippen LogP contribution in [-0.2, 0) is 0 Å². The molecule has 3 rings (SSSR count). The summed E-state index contributed by atoms with van der Waals surface area (Å²) in [6.07, 6.45) is 2.42. The van der Waals surface area contributed by atoms with Crippen LogP contribution in [0, 0.1) is 11.6 Å². The van der Waals surface area contributed by atoms with Gasteiger partial charge in [-0.15, -0.1) is 0 Å². The molecule has 2 N–H and O–H groups in total. The molecule has 0 aliphatic rings. The number of pyridine rings is 1. The molecule has 130 valence electrons. The Hall–Kier alpha value is -2.00. The molecule has 0 saturated carbocycles. The number of aromatic nitrogens is 3. The van der Waals surface area contributed by atoms with Crippen LogP contribution in [0.2, 0.25) is 0 Å². The third-order valence-corrected chi connectivity index (χ3v) is 4.82. The number of rotatable bonds is 6. The molecule has 0 spiro atoms. The van der Waals surface area contributed by atoms with Crippen molar-refractivity contribution in [2.75, 3.05) is 10.5 Å². The molecule has 0 unspecified atom stereocenters. The van der Waals surface area contributed by atoms with E-state index in [0.717, 1.165) is 18.2 Å². The van der Waals surface area contributed by atoms with Gasteiger partial charge < -0.3 is 4.72 Å². The van der Waals surface area contributed by atoms with Crippen LogP contribution in [0.25, 0.3) is 11.0 Å². The summed E-state index contributed by atoms with van der Waals surface area (Å²) in [4.78, 5) is 16.8. The fraction of sp³-hybridized carbons (Fsp3) is 0.188. The van der Waals surface area contributed by atoms with E-state index in [0.29, 0.717) is 15.5 Å². The number of aromatic amines is 1. The van der Waals surface area contributed by atoms with Crippen molar-refractivity contribution in [3.8, 4) is 0 Å². The lowest BCUT2D eigenvalue weighted by atomic mass is 10.0. The van der Waals surface area contributed by atoms with Crippen molar-refractivity contribution in [1.29, 1.82) is 0 Å². The first-order chi connectivity index (χ1) is 12.0. The zero-order valence-corrected chi connectivity index (χ0v) is 15.5. The van der Waals surface area contributed by atoms with Crippen molar-refractivity contribution in [1.82, 2.24) is 15.2 Å². The second kappa shape index (κ2) is 7.49. The van der Waals surface area contributed by atoms with Crippen molar-refractivity contribution in [2.24, 2.45) is 0 Å². The zero-order valence-electron chi connectivity index (χ0n) is 13.1. The van der Waals surface area contributed by atoms with Crippen LogP contribution >= 0.6 is 27.9 Å². The van der Waals surface area contributed by atoms with Gasteiger partial charge in [-0.2, -0.15) is 5.10 Å². The van der Waals surface area contributed by atoms with Gasteiger partial charge in [-0.05, 0) is 40.5 Å². The summed E-state index contributed by atoms with van der Waals surface area (Å²) in [5, 5.41) is 6.82. The van der Waals surface area contributed by atoms with Crippen molar-refractivity contribution in [3.05, 3.63) is 51.8 Å². The molecule has 1 aromatic carbocycles. The number of hydrogen-bond acceptors (Lipinski definition) is 5. The summed E-state index contributed by atoms with van der Waals surface area (Å²) in [7, 11) is 0. The molecular formula is C16H13BrF2N4OS. The van der Waals surface area contributed by atoms with Gasteiger partial charge in [0.15, 0.2) is 11.5 Å². The van der Waals surface area contributed by atoms with Crippen molar-refractivity contribution < 1.29 is 13.6 Å². The molecular weight excluding hydrogens is 414 g/mol. The molecule has 2 aromatic heterocycles. The van der Waals surface area contributed by atoms with Crippen LogP contribution in [0.4, 0.5) is 14.5 Å². The number of carbonyl (C=O) groups is 1. The fourth-order valence-corrected chi connectivity index (χ4v) is 3.19. The predicted octanol–water partition coefficient (Wildman–Crippen LogP) is 4.70. The first kappa shape index (κ1) is 17.8. The number of nitrogens with zero attached hydrogens (tertiary/aromatic N) is 2. The SMILES string of the molecule is CCCSNc1ccc(F)c(C(=O)c2[nH]nc3ncc(Br)cc23)c1F. The quantitative estimate of drug-likeness (QED) is 0.339. The fourth-order valence-electron chi connectivity index (χ4n) is 2.24. The second-order valence-electron chi connectivity index (χ2n) is 5.19. The predicted molar refractivity (Wildman–Crippen MR) is 97.8 cm³/mol. The van der Waals surface area contributed by atoms with Crippen molar-refractivity contribution in [3.63, 3.8) is 0 Å². The van der Waals surface area contributed by atoms with Gasteiger partial charge in [0.2, 0.25) is 5.78 Å². The number of ketones is 1. The monoisotopic (exact) mass is 426 g/mol. The molecule has 0 atom stereocenters. The number of fused-ring (bicyclic) bond motifs is 1. The molecule has 0 aliphatic heterocycles. The Bertz CT molecular complexity index is 947. The van der Waals surface area contributed by atoms with E-state index in [1.165, 1.54) is 24.2 Å². The van der Waals surface area contributed by atoms with Crippen molar-refractivity contribution >= 4 is 50.4 Å². The Balaban J connectivity index is 2.03. The number of anilines is 1. The molecule has 0 amide bonds. The molecule has 0 radical (unpaired) electrons. The van der Waals surface area contributed by atoms with Gasteiger partial charge in [-0.3, -0.25) is 9.89 Å². The molecule has 0 aliphatic carbocycles. The average Bonchev–Trinajstić information content (AvgIpc) is 3.00. The lowest BCUT2D eigenvalue weighted by molar-refractivity contribution is 0.102. The highest BCUT2D eigenvalue weighted by atomic mass is 79.9. The molecule has 0 bridgehead atoms. The summed E-state index contributed by atoms with van der Waals surface area (Å²) in [5.41, 5.74) is -0.293. The Morgan fingerprint density at radius 1 is 1.40 bits per heavy atom. The van der Waals surface area contributed by atoms with Crippen LogP contribution in [0.3, 0.4) is 0 Å². The molecule has 0 fully saturated rings. The van der Waals surface area contributed by atoms with E-state index >= 15 is 0 Å². The van der Waals surface area contributed by atoms with Gasteiger partial charge >= 0.3 is 0 Å². The highest BCUT2D eigenvalue weighted by Gasteiger charge is 2.25. The van der Waals surface area contributed by atoms with Crippen LogP contribution in [0.15, 0.2) is 28.9 Å². The Morgan fingerprint density at radius 3 is 2.96 bits per heavy atom. The van der Waals surface area contributed by atoms with E-state index in [9.17, 15) is 13.6 Å². The van der Waals surface area contributed by atoms with Gasteiger partial charge in [-0.1, -0.05) is 18.9 Å². The minimum atomic E-state index is -0.931. The van der Waals surface area contributed by atoms with E-state index in [1.807, 2.05) is 6.92 Å². The van der Waals surface area contributed by atoms with E-state index in [2.05, 4.69) is 35.8 Å². The van der Waals surface area contributed by atoms with Gasteiger partial charge in [0.05, 0.1) is 16.6 Å². The average molecular weight is 427 g/mol. The molecule has 9 heteroatoms. The topological polar surface area (TPSA) is 70.7 Å². The number of hydrogen-bond donors (Lipinski definition) is 2. The number of benzene rings is 1. The van der Waals surface area contributed by atoms with Gasteiger partial charge in [0.1, 0.15) is 11.5 Å². The summed E-state index contributed by atoms with van der Waals surface area (Å²) in [6, 6.07) is 3.96. The smallest absolute Gasteiger partial charge is 0.217 e. The molecule has 5 nitrogen and oxygen atoms in total. The zero-order chi connectivity index (χ0) is 18.0. The van der Waals surface area contributed by atoms with Crippen LogP contribution in [-0.4, -0.2) is 26.7 Å². The Labute approximate surface area is 154 Å². The number of H-pyrrole nitrogens is 1. The molecule has 3 aromatic rings. The molecule has 0 saturated heterocycles. The summed E-state index contributed by atoms with van der Waals surface area (Å²) in [6.45, 7) is 1.99. The Kier molecular flexibility index (Phi) is 5.33. The minimum absolute atomic E-state index is 0.0139. The summed E-state index contributed by atoms with van der Waals surface area (Å²) >= 11 is 4.54. The maximum absolute atomic E-state index is 14.7. The van der Waals surface area contributed by atoms with E-state index in [4.69, 9.17) is 0 Å². The first-order valence-corrected chi connectivity index (χ1v) is 9.21. The minimum Gasteiger partial charge on any atom is -0.327 e. The van der Waals surface area contributed by atoms with E-state index < -0.39 is 23.0 Å². The summed E-state index contributed by atoms with van der Waals surface area (Å²) < 4.78 is 32.3. The number of carbonyl (C=O) groups excluding carboxylic acids is 1. The highest BCUT2D eigenvalue weighted by molar-refractivity contribution is 9.10. The van der Waals surface area contributed by atoms with Crippen molar-refractivity contribution in [2.45, 2.75) is 13.3 Å². The standard InChI is InChI=1S/C16H13BrF2N4OS/c1-2-5-25-23-11-4-3-10(18)12(13(11)19)15(24)14-9-6-8(17)7-20-16(9)22-21-14/h3-4,6-7,23H,2,5H2,1H3,(H,20,21,22). The lowest BCUT2D eigenvalue weighted by Crippen LogP contribution is -2.10. The van der Waals surface area contributed by atoms with E-state index in [-0.39, 0.29) is 11.4 Å². The van der Waals surface area contributed by atoms with Gasteiger partial charge in [0.25, 0.3) is 0 Å². The van der Waals surface area contributed by atoms with Crippen LogP contribution < -0.4 is 4.72 Å². The second-order valence-corrected chi connectivity index (χ2v) is 7.00. The van der Waals surface area contributed by atoms with Crippen LogP contribution in [0.1, 0.15) is 29.4 Å². The largest absolute Gasteiger partial charge is 0.327 e. The maximum atomic E-state index is 14.7. The highest BCUT2D eigenvalue weighted by Crippen LogP contribution is 2.28. The van der Waals surface area contributed by atoms with Gasteiger partial charge in [0, 0.05) is 16.4 Å². The number of halogens is 3. The van der Waals surface area contributed by atoms with E-state index in [1.54, 1.807) is 6.07 Å². The maximum Gasteiger partial charge on any atom is 0.217 e.